The van der Waals surface area contributed by atoms with E-state index in [0.717, 1.165) is 33.9 Å². The van der Waals surface area contributed by atoms with Gasteiger partial charge in [0, 0.05) is 35.9 Å². The molecule has 0 saturated heterocycles. The van der Waals surface area contributed by atoms with Gasteiger partial charge >= 0.3 is 0 Å². The molecule has 2 heterocycles. The van der Waals surface area contributed by atoms with E-state index in [-0.39, 0.29) is 5.78 Å². The molecule has 0 atom stereocenters. The Hall–Kier alpha value is -4.79. The van der Waals surface area contributed by atoms with Crippen molar-refractivity contribution in [1.29, 1.82) is 0 Å². The Labute approximate surface area is 246 Å². The molecule has 1 saturated carbocycles. The van der Waals surface area contributed by atoms with Crippen LogP contribution in [0.1, 0.15) is 35.6 Å². The summed E-state index contributed by atoms with van der Waals surface area (Å²) in [6, 6.07) is 11.5. The maximum Gasteiger partial charge on any atom is 0.185 e. The predicted octanol–water partition coefficient (Wildman–Crippen LogP) is 5.70. The van der Waals surface area contributed by atoms with Crippen molar-refractivity contribution in [1.82, 2.24) is 19.1 Å². The molecule has 0 bridgehead atoms. The number of aromatic nitrogens is 4. The van der Waals surface area contributed by atoms with Gasteiger partial charge in [0.15, 0.2) is 28.8 Å². The molecule has 2 aromatic carbocycles. The van der Waals surface area contributed by atoms with Crippen LogP contribution in [0.2, 0.25) is 0 Å². The second-order valence-electron chi connectivity index (χ2n) is 10.0. The minimum Gasteiger partial charge on any atom is -0.493 e. The largest absolute Gasteiger partial charge is 0.493 e. The molecule has 1 aliphatic rings. The molecule has 0 amide bonds. The Bertz CT molecular complexity index is 1500. The maximum atomic E-state index is 13.3. The number of aryl methyl sites for hydroxylation is 2. The van der Waals surface area contributed by atoms with Crippen LogP contribution < -0.4 is 18.9 Å². The number of hydrogen-bond acceptors (Lipinski definition) is 7. The molecule has 1 aliphatic carbocycles. The normalized spacial score (nSPS) is 15.0. The quantitative estimate of drug-likeness (QED) is 0.203. The summed E-state index contributed by atoms with van der Waals surface area (Å²) in [5, 5.41) is 0. The molecular weight excluding hydrogens is 532 g/mol. The number of hydrogen-bond donors (Lipinski definition) is 0. The molecule has 9 nitrogen and oxygen atoms in total. The summed E-state index contributed by atoms with van der Waals surface area (Å²) in [5.74, 6) is 4.52. The minimum absolute atomic E-state index is 0.0555. The lowest BCUT2D eigenvalue weighted by Gasteiger charge is -2.12. The van der Waals surface area contributed by atoms with Gasteiger partial charge in [0.25, 0.3) is 0 Å². The molecule has 218 valence electrons. The Balaban J connectivity index is 1.22. The second-order valence-corrected chi connectivity index (χ2v) is 10.0. The lowest BCUT2D eigenvalue weighted by molar-refractivity contribution is -0.111. The van der Waals surface area contributed by atoms with Gasteiger partial charge in [-0.05, 0) is 74.2 Å². The standard InChI is InChI=1S/C33H36N4O5/c1-23-34-11-13-36(23)15-17-41-29-9-5-25(21-31(29)39-3)19-27-7-8-28(33(27)38)20-26-6-10-30(32(22-26)40-4)42-18-16-37-14-12-35-24(37)2/h5-6,9-14,19-22H,7-8,15-18H2,1-4H3/b27-19+,28-20+. The lowest BCUT2D eigenvalue weighted by atomic mass is 10.1. The number of nitrogens with zero attached hydrogens (tertiary/aromatic N) is 4. The van der Waals surface area contributed by atoms with E-state index >= 15 is 0 Å². The molecule has 2 aromatic heterocycles. The first-order valence-corrected chi connectivity index (χ1v) is 14.0. The van der Waals surface area contributed by atoms with Gasteiger partial charge in [0.1, 0.15) is 24.9 Å². The third-order valence-corrected chi connectivity index (χ3v) is 7.33. The van der Waals surface area contributed by atoms with Crippen molar-refractivity contribution in [3.05, 3.63) is 95.1 Å². The Morgan fingerprint density at radius 2 is 1.17 bits per heavy atom. The fourth-order valence-electron chi connectivity index (χ4n) is 4.95. The fraction of sp³-hybridized carbons (Fsp3) is 0.303. The van der Waals surface area contributed by atoms with Gasteiger partial charge in [0.05, 0.1) is 27.3 Å². The molecule has 0 N–H and O–H groups in total. The van der Waals surface area contributed by atoms with Crippen LogP contribution >= 0.6 is 0 Å². The van der Waals surface area contributed by atoms with Gasteiger partial charge in [0.2, 0.25) is 0 Å². The summed E-state index contributed by atoms with van der Waals surface area (Å²) in [6.45, 7) is 6.29. The fourth-order valence-corrected chi connectivity index (χ4v) is 4.95. The monoisotopic (exact) mass is 568 g/mol. The van der Waals surface area contributed by atoms with E-state index in [4.69, 9.17) is 18.9 Å². The van der Waals surface area contributed by atoms with E-state index < -0.39 is 0 Å². The molecule has 0 spiro atoms. The van der Waals surface area contributed by atoms with Crippen LogP contribution in [0.4, 0.5) is 0 Å². The van der Waals surface area contributed by atoms with Crippen LogP contribution in [0.15, 0.2) is 72.3 Å². The van der Waals surface area contributed by atoms with Crippen molar-refractivity contribution in [3.8, 4) is 23.0 Å². The van der Waals surface area contributed by atoms with E-state index in [1.165, 1.54) is 0 Å². The molecule has 9 heteroatoms. The number of benzene rings is 2. The highest BCUT2D eigenvalue weighted by Crippen LogP contribution is 2.34. The summed E-state index contributed by atoms with van der Waals surface area (Å²) in [5.41, 5.74) is 3.33. The number of ketones is 1. The molecule has 0 unspecified atom stereocenters. The van der Waals surface area contributed by atoms with Crippen molar-refractivity contribution in [3.63, 3.8) is 0 Å². The van der Waals surface area contributed by atoms with Gasteiger partial charge in [-0.25, -0.2) is 9.97 Å². The van der Waals surface area contributed by atoms with Crippen LogP contribution in [0.5, 0.6) is 23.0 Å². The average molecular weight is 569 g/mol. The Morgan fingerprint density at radius 3 is 1.55 bits per heavy atom. The van der Waals surface area contributed by atoms with Crippen LogP contribution in [0.25, 0.3) is 12.2 Å². The van der Waals surface area contributed by atoms with Gasteiger partial charge in [-0.15, -0.1) is 0 Å². The highest BCUT2D eigenvalue weighted by molar-refractivity contribution is 6.15. The van der Waals surface area contributed by atoms with Crippen molar-refractivity contribution >= 4 is 17.9 Å². The highest BCUT2D eigenvalue weighted by atomic mass is 16.5. The summed E-state index contributed by atoms with van der Waals surface area (Å²) in [7, 11) is 3.23. The van der Waals surface area contributed by atoms with Crippen molar-refractivity contribution in [2.24, 2.45) is 0 Å². The molecule has 1 fully saturated rings. The Morgan fingerprint density at radius 1 is 0.714 bits per heavy atom. The van der Waals surface area contributed by atoms with Gasteiger partial charge in [-0.2, -0.15) is 0 Å². The van der Waals surface area contributed by atoms with Gasteiger partial charge < -0.3 is 28.1 Å². The lowest BCUT2D eigenvalue weighted by Crippen LogP contribution is -2.09. The zero-order chi connectivity index (χ0) is 29.5. The van der Waals surface area contributed by atoms with Crippen LogP contribution in [0.3, 0.4) is 0 Å². The Kier molecular flexibility index (Phi) is 9.06. The number of carbonyl (C=O) groups excluding carboxylic acids is 1. The first kappa shape index (κ1) is 28.7. The molecule has 42 heavy (non-hydrogen) atoms. The van der Waals surface area contributed by atoms with E-state index in [1.807, 2.05) is 83.9 Å². The van der Waals surface area contributed by atoms with E-state index in [1.54, 1.807) is 26.6 Å². The number of methoxy groups -OCH3 is 2. The smallest absolute Gasteiger partial charge is 0.185 e. The minimum atomic E-state index is 0.0555. The molecule has 0 aliphatic heterocycles. The SMILES string of the molecule is COc1cc(/C=C2\CC/C(=C\c3ccc(OCCn4ccnc4C)c(OC)c3)C2=O)ccc1OCCn1ccnc1C. The predicted molar refractivity (Wildman–Crippen MR) is 161 cm³/mol. The number of Topliss-reactive ketones (excluding diaryl/α,β-unsaturated/α-hetero) is 1. The van der Waals surface area contributed by atoms with E-state index in [2.05, 4.69) is 9.97 Å². The first-order chi connectivity index (χ1) is 20.4. The van der Waals surface area contributed by atoms with Crippen molar-refractivity contribution in [2.75, 3.05) is 27.4 Å². The molecule has 5 rings (SSSR count). The van der Waals surface area contributed by atoms with Crippen LogP contribution in [0, 0.1) is 13.8 Å². The summed E-state index contributed by atoms with van der Waals surface area (Å²) >= 11 is 0. The van der Waals surface area contributed by atoms with Gasteiger partial charge in [-0.1, -0.05) is 12.1 Å². The van der Waals surface area contributed by atoms with Gasteiger partial charge in [-0.3, -0.25) is 4.79 Å². The summed E-state index contributed by atoms with van der Waals surface area (Å²) < 4.78 is 27.1. The summed E-state index contributed by atoms with van der Waals surface area (Å²) in [4.78, 5) is 21.7. The zero-order valence-electron chi connectivity index (χ0n) is 24.5. The van der Waals surface area contributed by atoms with E-state index in [0.29, 0.717) is 62.1 Å². The maximum absolute atomic E-state index is 13.3. The second kappa shape index (κ2) is 13.2. The molecule has 0 radical (unpaired) electrons. The number of rotatable bonds is 12. The third-order valence-electron chi connectivity index (χ3n) is 7.33. The first-order valence-electron chi connectivity index (χ1n) is 14.0. The van der Waals surface area contributed by atoms with Crippen molar-refractivity contribution in [2.45, 2.75) is 39.8 Å². The molecule has 4 aromatic rings. The highest BCUT2D eigenvalue weighted by Gasteiger charge is 2.23. The van der Waals surface area contributed by atoms with Crippen molar-refractivity contribution < 1.29 is 23.7 Å². The molecular formula is C33H36N4O5. The third kappa shape index (κ3) is 6.74. The number of imidazole rings is 2. The van der Waals surface area contributed by atoms with Crippen LogP contribution in [-0.2, 0) is 17.9 Å². The number of carbonyl (C=O) groups is 1. The number of allylic oxidation sites excluding steroid dienone is 2. The summed E-state index contributed by atoms with van der Waals surface area (Å²) in [6.07, 6.45) is 12.6. The average Bonchev–Trinajstić information content (AvgIpc) is 3.70. The van der Waals surface area contributed by atoms with Crippen LogP contribution in [-0.4, -0.2) is 52.3 Å². The zero-order valence-corrected chi connectivity index (χ0v) is 24.5. The van der Waals surface area contributed by atoms with E-state index in [9.17, 15) is 4.79 Å². The topological polar surface area (TPSA) is 89.6 Å². The number of ether oxygens (including phenoxy) is 4.